The largest absolute Gasteiger partial charge is 0.493 e. The quantitative estimate of drug-likeness (QED) is 0.0974. The number of unbranched alkanes of at least 4 members (excludes halogenated alkanes) is 2. The highest BCUT2D eigenvalue weighted by Crippen LogP contribution is 2.61. The number of rotatable bonds is 13. The van der Waals surface area contributed by atoms with Gasteiger partial charge in [-0.15, -0.1) is 0 Å². The van der Waals surface area contributed by atoms with E-state index in [1.165, 1.54) is 34.5 Å². The van der Waals surface area contributed by atoms with Crippen LogP contribution in [0.25, 0.3) is 5.57 Å². The van der Waals surface area contributed by atoms with Crippen LogP contribution in [0.1, 0.15) is 79.4 Å². The van der Waals surface area contributed by atoms with Crippen LogP contribution in [0.5, 0.6) is 23.0 Å². The topological polar surface area (TPSA) is 131 Å². The number of carbonyl (C=O) groups is 3. The van der Waals surface area contributed by atoms with Gasteiger partial charge in [0.2, 0.25) is 5.78 Å². The van der Waals surface area contributed by atoms with Crippen molar-refractivity contribution in [2.45, 2.75) is 57.8 Å². The first-order chi connectivity index (χ1) is 20.1. The molecule has 2 aliphatic rings. The van der Waals surface area contributed by atoms with Crippen molar-refractivity contribution in [1.82, 2.24) is 0 Å². The molecular formula is C32H35NO9. The molecule has 10 nitrogen and oxygen atoms in total. The molecule has 0 amide bonds. The Kier molecular flexibility index (Phi) is 8.84. The number of ketones is 3. The maximum Gasteiger partial charge on any atom is 0.328 e. The minimum Gasteiger partial charge on any atom is -0.493 e. The second kappa shape index (κ2) is 12.2. The van der Waals surface area contributed by atoms with Gasteiger partial charge >= 0.3 is 11.5 Å². The van der Waals surface area contributed by atoms with E-state index in [4.69, 9.17) is 18.9 Å². The molecule has 0 N–H and O–H groups in total. The first kappa shape index (κ1) is 30.5. The molecule has 2 aromatic carbocycles. The van der Waals surface area contributed by atoms with Crippen LogP contribution in [-0.2, 0) is 15.0 Å². The molecule has 42 heavy (non-hydrogen) atoms. The molecule has 0 saturated heterocycles. The van der Waals surface area contributed by atoms with Crippen molar-refractivity contribution >= 4 is 22.9 Å². The summed E-state index contributed by atoms with van der Waals surface area (Å²) in [5, 5.41) is 12.4. The number of hydrogen-bond acceptors (Lipinski definition) is 9. The standard InChI is InChI=1S/C32H35NO9/c1-7-9-11-23(34)18-13-25(39-3)27(41-5)16-20(18)32(12-10-8-2)21-17-28(42-6)26(40-4)14-19(21)29-22(32)15-24(35)31(36)30(29)33(37)38/h13-17H,7-12H2,1-6H3/t32-/m0/s1. The van der Waals surface area contributed by atoms with Crippen molar-refractivity contribution in [2.75, 3.05) is 28.4 Å². The number of hydrogen-bond donors (Lipinski definition) is 0. The van der Waals surface area contributed by atoms with Crippen LogP contribution >= 0.6 is 0 Å². The molecule has 1 atom stereocenters. The van der Waals surface area contributed by atoms with Crippen LogP contribution in [0, 0.1) is 10.1 Å². The van der Waals surface area contributed by atoms with Gasteiger partial charge in [-0.2, -0.15) is 0 Å². The van der Waals surface area contributed by atoms with Gasteiger partial charge < -0.3 is 18.9 Å². The summed E-state index contributed by atoms with van der Waals surface area (Å²) in [6.07, 6.45) is 4.66. The van der Waals surface area contributed by atoms with Crippen molar-refractivity contribution < 1.29 is 38.3 Å². The van der Waals surface area contributed by atoms with E-state index in [9.17, 15) is 24.5 Å². The van der Waals surface area contributed by atoms with E-state index in [1.807, 2.05) is 13.8 Å². The Morgan fingerprint density at radius 3 is 1.93 bits per heavy atom. The minimum atomic E-state index is -1.24. The second-order valence-corrected chi connectivity index (χ2v) is 10.3. The van der Waals surface area contributed by atoms with Crippen LogP contribution in [0.2, 0.25) is 0 Å². The summed E-state index contributed by atoms with van der Waals surface area (Å²) in [6.45, 7) is 3.99. The number of nitro groups is 1. The summed E-state index contributed by atoms with van der Waals surface area (Å²) in [4.78, 5) is 51.5. The molecule has 0 spiro atoms. The average Bonchev–Trinajstić information content (AvgIpc) is 3.25. The Labute approximate surface area is 244 Å². The zero-order chi connectivity index (χ0) is 30.8. The van der Waals surface area contributed by atoms with E-state index in [2.05, 4.69) is 0 Å². The van der Waals surface area contributed by atoms with E-state index >= 15 is 0 Å². The molecule has 0 radical (unpaired) electrons. The number of ether oxygens (including phenoxy) is 4. The number of methoxy groups -OCH3 is 4. The van der Waals surface area contributed by atoms with E-state index < -0.39 is 27.6 Å². The lowest BCUT2D eigenvalue weighted by atomic mass is 9.66. The van der Waals surface area contributed by atoms with Crippen molar-refractivity contribution in [2.24, 2.45) is 0 Å². The summed E-state index contributed by atoms with van der Waals surface area (Å²) in [7, 11) is 5.88. The lowest BCUT2D eigenvalue weighted by Gasteiger charge is -2.36. The van der Waals surface area contributed by atoms with Gasteiger partial charge in [0.25, 0.3) is 0 Å². The van der Waals surface area contributed by atoms with E-state index in [-0.39, 0.29) is 23.4 Å². The summed E-state index contributed by atoms with van der Waals surface area (Å²) < 4.78 is 22.4. The molecule has 10 heteroatoms. The zero-order valence-electron chi connectivity index (χ0n) is 24.8. The van der Waals surface area contributed by atoms with Crippen LogP contribution in [0.15, 0.2) is 41.6 Å². The summed E-state index contributed by atoms with van der Waals surface area (Å²) in [5.41, 5.74) is 0.0738. The van der Waals surface area contributed by atoms with Crippen molar-refractivity contribution in [3.05, 3.63) is 74.0 Å². The van der Waals surface area contributed by atoms with Gasteiger partial charge in [0.05, 0.1) is 38.9 Å². The van der Waals surface area contributed by atoms with Gasteiger partial charge in [-0.3, -0.25) is 24.5 Å². The Morgan fingerprint density at radius 2 is 1.38 bits per heavy atom. The van der Waals surface area contributed by atoms with Gasteiger partial charge in [-0.1, -0.05) is 33.1 Å². The van der Waals surface area contributed by atoms with Gasteiger partial charge in [0.1, 0.15) is 0 Å². The maximum atomic E-state index is 13.8. The molecular weight excluding hydrogens is 542 g/mol. The third-order valence-corrected chi connectivity index (χ3v) is 8.06. The first-order valence-corrected chi connectivity index (χ1v) is 13.9. The second-order valence-electron chi connectivity index (χ2n) is 10.3. The fourth-order valence-electron chi connectivity index (χ4n) is 6.06. The number of nitrogens with zero attached hydrogens (tertiary/aromatic N) is 1. The lowest BCUT2D eigenvalue weighted by Crippen LogP contribution is -2.33. The van der Waals surface area contributed by atoms with Gasteiger partial charge in [-0.25, -0.2) is 0 Å². The van der Waals surface area contributed by atoms with Crippen LogP contribution in [0.3, 0.4) is 0 Å². The fraction of sp³-hybridized carbons (Fsp3) is 0.406. The van der Waals surface area contributed by atoms with Crippen molar-refractivity contribution in [1.29, 1.82) is 0 Å². The Bertz CT molecular complexity index is 1530. The SMILES string of the molecule is CCCCC(=O)c1cc(OC)c(OC)cc1[C@]1(CCCC)C2=CC(=O)C(=O)C([N+](=O)[O-])=C2c2cc(OC)c(OC)cc21. The van der Waals surface area contributed by atoms with Crippen molar-refractivity contribution in [3.63, 3.8) is 0 Å². The zero-order valence-corrected chi connectivity index (χ0v) is 24.8. The molecule has 0 aliphatic heterocycles. The highest BCUT2D eigenvalue weighted by molar-refractivity contribution is 6.50. The predicted molar refractivity (Wildman–Crippen MR) is 155 cm³/mol. The van der Waals surface area contributed by atoms with Gasteiger partial charge in [-0.05, 0) is 65.4 Å². The summed E-state index contributed by atoms with van der Waals surface area (Å²) in [5.74, 6) is -0.975. The summed E-state index contributed by atoms with van der Waals surface area (Å²) >= 11 is 0. The molecule has 4 rings (SSSR count). The highest BCUT2D eigenvalue weighted by atomic mass is 16.6. The fourth-order valence-corrected chi connectivity index (χ4v) is 6.06. The van der Waals surface area contributed by atoms with Crippen molar-refractivity contribution in [3.8, 4) is 23.0 Å². The van der Waals surface area contributed by atoms with Crippen LogP contribution in [0.4, 0.5) is 0 Å². The number of Topliss-reactive ketones (excluding diaryl/α,β-unsaturated/α-hetero) is 2. The lowest BCUT2D eigenvalue weighted by molar-refractivity contribution is -0.417. The third-order valence-electron chi connectivity index (χ3n) is 8.06. The molecule has 222 valence electrons. The van der Waals surface area contributed by atoms with Crippen LogP contribution < -0.4 is 18.9 Å². The number of allylic oxidation sites excluding steroid dienone is 4. The molecule has 0 bridgehead atoms. The molecule has 0 saturated carbocycles. The molecule has 2 aliphatic carbocycles. The van der Waals surface area contributed by atoms with Crippen LogP contribution in [-0.4, -0.2) is 50.7 Å². The molecule has 0 fully saturated rings. The Balaban J connectivity index is 2.26. The third kappa shape index (κ3) is 4.74. The smallest absolute Gasteiger partial charge is 0.328 e. The van der Waals surface area contributed by atoms with E-state index in [1.54, 1.807) is 24.3 Å². The molecule has 0 unspecified atom stereocenters. The Morgan fingerprint density at radius 1 is 0.833 bits per heavy atom. The molecule has 0 aromatic heterocycles. The number of benzene rings is 2. The van der Waals surface area contributed by atoms with E-state index in [0.29, 0.717) is 64.5 Å². The normalized spacial score (nSPS) is 17.4. The monoisotopic (exact) mass is 577 g/mol. The first-order valence-electron chi connectivity index (χ1n) is 13.9. The Hall–Kier alpha value is -4.47. The summed E-state index contributed by atoms with van der Waals surface area (Å²) in [6, 6.07) is 6.66. The predicted octanol–water partition coefficient (Wildman–Crippen LogP) is 5.65. The maximum absolute atomic E-state index is 13.8. The number of fused-ring (bicyclic) bond motifs is 3. The van der Waals surface area contributed by atoms with Gasteiger partial charge in [0, 0.05) is 17.4 Å². The number of carbonyl (C=O) groups excluding carboxylic acids is 3. The van der Waals surface area contributed by atoms with Gasteiger partial charge in [0.15, 0.2) is 28.8 Å². The molecule has 2 aromatic rings. The minimum absolute atomic E-state index is 0.0402. The highest BCUT2D eigenvalue weighted by Gasteiger charge is 2.55. The molecule has 0 heterocycles. The van der Waals surface area contributed by atoms with E-state index in [0.717, 1.165) is 12.8 Å². The average molecular weight is 578 g/mol.